The van der Waals surface area contributed by atoms with Crippen LogP contribution in [0.4, 0.5) is 0 Å². The van der Waals surface area contributed by atoms with Crippen LogP contribution in [0.1, 0.15) is 189 Å². The lowest BCUT2D eigenvalue weighted by Crippen LogP contribution is -2.16. The summed E-state index contributed by atoms with van der Waals surface area (Å²) >= 11 is 0. The lowest BCUT2D eigenvalue weighted by Gasteiger charge is -2.20. The summed E-state index contributed by atoms with van der Waals surface area (Å²) in [6.45, 7) is 15.5. The molecule has 0 aliphatic heterocycles. The van der Waals surface area contributed by atoms with Crippen molar-refractivity contribution in [3.05, 3.63) is 12.2 Å². The summed E-state index contributed by atoms with van der Waals surface area (Å²) in [7, 11) is 0. The average Bonchev–Trinajstić information content (AvgIpc) is 2.90. The summed E-state index contributed by atoms with van der Waals surface area (Å²) < 4.78 is 5.60. The average molecular weight is 535 g/mol. The first-order valence-electron chi connectivity index (χ1n) is 17.2. The zero-order valence-corrected chi connectivity index (χ0v) is 26.9. The second kappa shape index (κ2) is 27.8. The third kappa shape index (κ3) is 25.5. The number of carbonyl (C=O) groups excluding carboxylic acids is 1. The number of carbonyl (C=O) groups is 1. The van der Waals surface area contributed by atoms with Gasteiger partial charge >= 0.3 is 5.97 Å². The van der Waals surface area contributed by atoms with Crippen LogP contribution in [0, 0.1) is 17.8 Å². The maximum absolute atomic E-state index is 12.0. The first-order chi connectivity index (χ1) is 18.4. The Morgan fingerprint density at radius 1 is 0.553 bits per heavy atom. The second-order valence-electron chi connectivity index (χ2n) is 12.8. The fraction of sp³-hybridized carbons (Fsp3) is 0.917. The van der Waals surface area contributed by atoms with Gasteiger partial charge in [0.2, 0.25) is 0 Å². The zero-order valence-electron chi connectivity index (χ0n) is 26.9. The Kier molecular flexibility index (Phi) is 27.2. The predicted molar refractivity (Wildman–Crippen MR) is 170 cm³/mol. The monoisotopic (exact) mass is 535 g/mol. The van der Waals surface area contributed by atoms with E-state index in [0.29, 0.717) is 18.1 Å². The SMILES string of the molecule is C=C(C)C(=O)OCC(CCCC(C)CCCCCCCCC)CCC(C)CCCCCCCCCCCC. The van der Waals surface area contributed by atoms with Crippen molar-refractivity contribution in [3.8, 4) is 0 Å². The molecule has 38 heavy (non-hydrogen) atoms. The molecule has 0 saturated carbocycles. The van der Waals surface area contributed by atoms with Gasteiger partial charge in [0.05, 0.1) is 6.61 Å². The molecule has 0 aliphatic carbocycles. The molecule has 0 fully saturated rings. The summed E-state index contributed by atoms with van der Waals surface area (Å²) in [5, 5.41) is 0. The van der Waals surface area contributed by atoms with E-state index in [9.17, 15) is 4.79 Å². The molecule has 0 rings (SSSR count). The van der Waals surface area contributed by atoms with Gasteiger partial charge in [0.25, 0.3) is 0 Å². The van der Waals surface area contributed by atoms with Gasteiger partial charge in [0, 0.05) is 5.57 Å². The molecule has 0 amide bonds. The van der Waals surface area contributed by atoms with Crippen molar-refractivity contribution in [2.45, 2.75) is 189 Å². The van der Waals surface area contributed by atoms with E-state index in [1.54, 1.807) is 6.92 Å². The van der Waals surface area contributed by atoms with E-state index in [0.717, 1.165) is 11.8 Å². The van der Waals surface area contributed by atoms with Crippen LogP contribution in [-0.4, -0.2) is 12.6 Å². The van der Waals surface area contributed by atoms with Crippen LogP contribution < -0.4 is 0 Å². The van der Waals surface area contributed by atoms with Crippen LogP contribution >= 0.6 is 0 Å². The van der Waals surface area contributed by atoms with Crippen LogP contribution in [0.15, 0.2) is 12.2 Å². The van der Waals surface area contributed by atoms with Crippen molar-refractivity contribution in [2.24, 2.45) is 17.8 Å². The molecule has 0 aromatic carbocycles. The van der Waals surface area contributed by atoms with Crippen LogP contribution in [-0.2, 0) is 9.53 Å². The van der Waals surface area contributed by atoms with Gasteiger partial charge < -0.3 is 4.74 Å². The number of hydrogen-bond acceptors (Lipinski definition) is 2. The molecule has 0 saturated heterocycles. The van der Waals surface area contributed by atoms with Gasteiger partial charge in [0.15, 0.2) is 0 Å². The van der Waals surface area contributed by atoms with E-state index in [2.05, 4.69) is 34.3 Å². The Balaban J connectivity index is 4.10. The van der Waals surface area contributed by atoms with E-state index in [4.69, 9.17) is 4.74 Å². The second-order valence-corrected chi connectivity index (χ2v) is 12.8. The standard InChI is InChI=1S/C36H70O2/c1-7-9-11-13-15-16-17-19-21-23-26-34(6)29-30-35(31-38-36(37)32(3)4)28-24-27-33(5)25-22-20-18-14-12-10-8-2/h33-35H,3,7-31H2,1-2,4-6H3. The smallest absolute Gasteiger partial charge is 0.333 e. The predicted octanol–water partition coefficient (Wildman–Crippen LogP) is 12.4. The molecule has 2 nitrogen and oxygen atoms in total. The first kappa shape index (κ1) is 37.2. The van der Waals surface area contributed by atoms with Crippen LogP contribution in [0.25, 0.3) is 0 Å². The summed E-state index contributed by atoms with van der Waals surface area (Å²) in [5.41, 5.74) is 0.515. The van der Waals surface area contributed by atoms with Gasteiger partial charge in [-0.05, 0) is 37.5 Å². The maximum atomic E-state index is 12.0. The van der Waals surface area contributed by atoms with Crippen molar-refractivity contribution < 1.29 is 9.53 Å². The maximum Gasteiger partial charge on any atom is 0.333 e. The van der Waals surface area contributed by atoms with Crippen molar-refractivity contribution >= 4 is 5.97 Å². The van der Waals surface area contributed by atoms with Crippen LogP contribution in [0.2, 0.25) is 0 Å². The number of hydrogen-bond donors (Lipinski definition) is 0. The van der Waals surface area contributed by atoms with Crippen molar-refractivity contribution in [1.29, 1.82) is 0 Å². The highest BCUT2D eigenvalue weighted by Gasteiger charge is 2.15. The molecule has 0 spiro atoms. The third-order valence-corrected chi connectivity index (χ3v) is 8.53. The normalized spacial score (nSPS) is 13.8. The largest absolute Gasteiger partial charge is 0.462 e. The molecule has 3 atom stereocenters. The Morgan fingerprint density at radius 3 is 1.39 bits per heavy atom. The summed E-state index contributed by atoms with van der Waals surface area (Å²) in [6.07, 6.45) is 32.8. The minimum Gasteiger partial charge on any atom is -0.462 e. The van der Waals surface area contributed by atoms with Gasteiger partial charge in [-0.15, -0.1) is 0 Å². The Morgan fingerprint density at radius 2 is 0.947 bits per heavy atom. The van der Waals surface area contributed by atoms with E-state index >= 15 is 0 Å². The van der Waals surface area contributed by atoms with E-state index in [1.165, 1.54) is 154 Å². The zero-order chi connectivity index (χ0) is 28.3. The fourth-order valence-electron chi connectivity index (χ4n) is 5.62. The Labute approximate surface area is 240 Å². The summed E-state index contributed by atoms with van der Waals surface area (Å²) in [6, 6.07) is 0. The van der Waals surface area contributed by atoms with Gasteiger partial charge in [-0.1, -0.05) is 176 Å². The molecule has 226 valence electrons. The molecule has 0 aromatic heterocycles. The number of ether oxygens (including phenoxy) is 1. The molecule has 0 aromatic rings. The Hall–Kier alpha value is -0.790. The number of unbranched alkanes of at least 4 members (excludes halogenated alkanes) is 15. The number of esters is 1. The molecule has 3 unspecified atom stereocenters. The quantitative estimate of drug-likeness (QED) is 0.0541. The molecule has 0 radical (unpaired) electrons. The summed E-state index contributed by atoms with van der Waals surface area (Å²) in [4.78, 5) is 12.0. The first-order valence-corrected chi connectivity index (χ1v) is 17.2. The van der Waals surface area contributed by atoms with Gasteiger partial charge in [-0.25, -0.2) is 4.79 Å². The minimum atomic E-state index is -0.222. The van der Waals surface area contributed by atoms with Crippen molar-refractivity contribution in [1.82, 2.24) is 0 Å². The highest BCUT2D eigenvalue weighted by molar-refractivity contribution is 5.86. The lowest BCUT2D eigenvalue weighted by atomic mass is 9.89. The van der Waals surface area contributed by atoms with Crippen molar-refractivity contribution in [2.75, 3.05) is 6.61 Å². The van der Waals surface area contributed by atoms with Crippen molar-refractivity contribution in [3.63, 3.8) is 0 Å². The Bertz CT molecular complexity index is 525. The van der Waals surface area contributed by atoms with Crippen LogP contribution in [0.3, 0.4) is 0 Å². The van der Waals surface area contributed by atoms with Gasteiger partial charge in [-0.3, -0.25) is 0 Å². The molecule has 0 heterocycles. The highest BCUT2D eigenvalue weighted by Crippen LogP contribution is 2.25. The molecular weight excluding hydrogens is 464 g/mol. The van der Waals surface area contributed by atoms with E-state index in [1.807, 2.05) is 0 Å². The fourth-order valence-corrected chi connectivity index (χ4v) is 5.62. The lowest BCUT2D eigenvalue weighted by molar-refractivity contribution is -0.140. The highest BCUT2D eigenvalue weighted by atomic mass is 16.5. The summed E-state index contributed by atoms with van der Waals surface area (Å²) in [5.74, 6) is 1.87. The minimum absolute atomic E-state index is 0.222. The third-order valence-electron chi connectivity index (χ3n) is 8.53. The molecular formula is C36H70O2. The molecule has 0 bridgehead atoms. The van der Waals surface area contributed by atoms with E-state index in [-0.39, 0.29) is 5.97 Å². The molecule has 0 aliphatic rings. The van der Waals surface area contributed by atoms with Gasteiger partial charge in [0.1, 0.15) is 0 Å². The van der Waals surface area contributed by atoms with Crippen LogP contribution in [0.5, 0.6) is 0 Å². The van der Waals surface area contributed by atoms with E-state index < -0.39 is 0 Å². The van der Waals surface area contributed by atoms with Gasteiger partial charge in [-0.2, -0.15) is 0 Å². The number of rotatable bonds is 29. The molecule has 0 N–H and O–H groups in total. The molecule has 2 heteroatoms. The topological polar surface area (TPSA) is 26.3 Å².